The van der Waals surface area contributed by atoms with Crippen LogP contribution in [0.1, 0.15) is 11.5 Å². The zero-order chi connectivity index (χ0) is 20.9. The van der Waals surface area contributed by atoms with Gasteiger partial charge < -0.3 is 14.6 Å². The van der Waals surface area contributed by atoms with Crippen molar-refractivity contribution < 1.29 is 8.83 Å². The Bertz CT molecular complexity index is 1060. The number of hydrogen-bond acceptors (Lipinski definition) is 3. The Morgan fingerprint density at radius 1 is 0.677 bits per heavy atom. The summed E-state index contributed by atoms with van der Waals surface area (Å²) in [5.74, 6) is 3.39. The van der Waals surface area contributed by atoms with Gasteiger partial charge in [0.05, 0.1) is 0 Å². The molecule has 0 aliphatic carbocycles. The molecule has 2 aromatic heterocycles. The molecule has 0 atom stereocenters. The van der Waals surface area contributed by atoms with Crippen LogP contribution in [0.2, 0.25) is 10.0 Å². The van der Waals surface area contributed by atoms with Crippen molar-refractivity contribution in [3.05, 3.63) is 106 Å². The Morgan fingerprint density at radius 3 is 1.48 bits per heavy atom. The summed E-state index contributed by atoms with van der Waals surface area (Å²) in [5.41, 5.74) is 8.93. The summed E-state index contributed by atoms with van der Waals surface area (Å²) in [6.07, 6.45) is 3.36. The molecular weight excluding hydrogens is 497 g/mol. The van der Waals surface area contributed by atoms with Gasteiger partial charge in [0.2, 0.25) is 0 Å². The van der Waals surface area contributed by atoms with Gasteiger partial charge in [0.25, 0.3) is 0 Å². The topological polar surface area (TPSA) is 52.3 Å². The molecule has 0 amide bonds. The van der Waals surface area contributed by atoms with E-state index in [1.165, 1.54) is 0 Å². The standard InChI is InChI=1S/C25H21Cl2NO2.BrH/c26-20-5-1-18(2-6-20)24-11-9-22(29-24)15-17(13-14-28)16-23-10-12-25(30-23)19-3-7-21(27)8-4-19;/h1-13H,14-16,28H2;1H. The lowest BCUT2D eigenvalue weighted by Crippen LogP contribution is -2.00. The minimum absolute atomic E-state index is 0. The molecule has 0 aliphatic heterocycles. The number of halogens is 3. The van der Waals surface area contributed by atoms with Gasteiger partial charge in [-0.05, 0) is 72.8 Å². The van der Waals surface area contributed by atoms with E-state index in [9.17, 15) is 0 Å². The van der Waals surface area contributed by atoms with E-state index in [-0.39, 0.29) is 17.0 Å². The molecule has 0 aliphatic rings. The molecule has 160 valence electrons. The molecule has 0 bridgehead atoms. The molecular formula is C25H22BrCl2NO2. The van der Waals surface area contributed by atoms with Crippen molar-refractivity contribution >= 4 is 40.2 Å². The second-order valence-corrected chi connectivity index (χ2v) is 7.87. The highest BCUT2D eigenvalue weighted by Gasteiger charge is 2.11. The van der Waals surface area contributed by atoms with Crippen LogP contribution in [0.4, 0.5) is 0 Å². The normalized spacial score (nSPS) is 10.5. The van der Waals surface area contributed by atoms with Gasteiger partial charge in [0.15, 0.2) is 0 Å². The molecule has 0 saturated carbocycles. The van der Waals surface area contributed by atoms with Crippen molar-refractivity contribution in [1.82, 2.24) is 0 Å². The molecule has 2 N–H and O–H groups in total. The van der Waals surface area contributed by atoms with Gasteiger partial charge >= 0.3 is 0 Å². The molecule has 0 saturated heterocycles. The maximum atomic E-state index is 6.04. The molecule has 6 heteroatoms. The summed E-state index contributed by atoms with van der Waals surface area (Å²) < 4.78 is 12.1. The van der Waals surface area contributed by atoms with Crippen molar-refractivity contribution in [3.63, 3.8) is 0 Å². The minimum Gasteiger partial charge on any atom is -0.461 e. The second-order valence-electron chi connectivity index (χ2n) is 7.00. The van der Waals surface area contributed by atoms with E-state index in [4.69, 9.17) is 37.8 Å². The quantitative estimate of drug-likeness (QED) is 0.254. The van der Waals surface area contributed by atoms with Crippen LogP contribution in [-0.2, 0) is 12.8 Å². The zero-order valence-corrected chi connectivity index (χ0v) is 19.9. The van der Waals surface area contributed by atoms with Crippen LogP contribution in [0.5, 0.6) is 0 Å². The molecule has 4 rings (SSSR count). The van der Waals surface area contributed by atoms with Crippen LogP contribution in [0.25, 0.3) is 22.6 Å². The van der Waals surface area contributed by atoms with Crippen molar-refractivity contribution in [2.24, 2.45) is 5.73 Å². The average Bonchev–Trinajstić information content (AvgIpc) is 3.39. The summed E-state index contributed by atoms with van der Waals surface area (Å²) in [4.78, 5) is 0. The number of furan rings is 2. The predicted molar refractivity (Wildman–Crippen MR) is 133 cm³/mol. The van der Waals surface area contributed by atoms with Crippen LogP contribution in [0, 0.1) is 0 Å². The van der Waals surface area contributed by atoms with E-state index >= 15 is 0 Å². The third-order valence-electron chi connectivity index (χ3n) is 4.79. The lowest BCUT2D eigenvalue weighted by molar-refractivity contribution is 0.516. The van der Waals surface area contributed by atoms with Gasteiger partial charge in [-0.3, -0.25) is 0 Å². The molecule has 2 heterocycles. The highest BCUT2D eigenvalue weighted by molar-refractivity contribution is 8.93. The third kappa shape index (κ3) is 6.14. The lowest BCUT2D eigenvalue weighted by Gasteiger charge is -2.05. The molecule has 2 aromatic carbocycles. The zero-order valence-electron chi connectivity index (χ0n) is 16.7. The SMILES string of the molecule is Br.NCC=C(Cc1ccc(-c2ccc(Cl)cc2)o1)Cc1ccc(-c2ccc(Cl)cc2)o1. The van der Waals surface area contributed by atoms with E-state index in [1.54, 1.807) is 0 Å². The molecule has 0 spiro atoms. The Balaban J connectivity index is 0.00000272. The Morgan fingerprint density at radius 2 is 1.10 bits per heavy atom. The van der Waals surface area contributed by atoms with E-state index in [2.05, 4.69) is 0 Å². The van der Waals surface area contributed by atoms with E-state index in [0.717, 1.165) is 39.7 Å². The van der Waals surface area contributed by atoms with Gasteiger partial charge in [-0.15, -0.1) is 17.0 Å². The lowest BCUT2D eigenvalue weighted by atomic mass is 10.1. The van der Waals surface area contributed by atoms with E-state index < -0.39 is 0 Å². The summed E-state index contributed by atoms with van der Waals surface area (Å²) in [7, 11) is 0. The fraction of sp³-hybridized carbons (Fsp3) is 0.120. The Kier molecular flexibility index (Phi) is 8.22. The van der Waals surface area contributed by atoms with Crippen LogP contribution in [0.3, 0.4) is 0 Å². The number of hydrogen-bond donors (Lipinski definition) is 1. The van der Waals surface area contributed by atoms with E-state index in [0.29, 0.717) is 29.4 Å². The summed E-state index contributed by atoms with van der Waals surface area (Å²) >= 11 is 11.9. The van der Waals surface area contributed by atoms with Gasteiger partial charge in [-0.1, -0.05) is 34.9 Å². The smallest absolute Gasteiger partial charge is 0.134 e. The number of nitrogens with two attached hydrogens (primary N) is 1. The Hall–Kier alpha value is -2.24. The summed E-state index contributed by atoms with van der Waals surface area (Å²) in [6, 6.07) is 23.2. The first kappa shape index (κ1) is 23.4. The van der Waals surface area contributed by atoms with Crippen LogP contribution >= 0.6 is 40.2 Å². The highest BCUT2D eigenvalue weighted by atomic mass is 79.9. The monoisotopic (exact) mass is 517 g/mol. The van der Waals surface area contributed by atoms with Crippen molar-refractivity contribution in [1.29, 1.82) is 0 Å². The largest absolute Gasteiger partial charge is 0.461 e. The Labute approximate surface area is 202 Å². The molecule has 4 aromatic rings. The fourth-order valence-corrected chi connectivity index (χ4v) is 3.56. The second kappa shape index (κ2) is 10.9. The van der Waals surface area contributed by atoms with Gasteiger partial charge in [-0.2, -0.15) is 0 Å². The van der Waals surface area contributed by atoms with Crippen LogP contribution in [-0.4, -0.2) is 6.54 Å². The minimum atomic E-state index is 0. The summed E-state index contributed by atoms with van der Waals surface area (Å²) in [6.45, 7) is 0.463. The molecule has 0 radical (unpaired) electrons. The molecule has 31 heavy (non-hydrogen) atoms. The first-order valence-electron chi connectivity index (χ1n) is 9.68. The first-order valence-corrected chi connectivity index (χ1v) is 10.4. The summed E-state index contributed by atoms with van der Waals surface area (Å²) in [5, 5.41) is 1.41. The van der Waals surface area contributed by atoms with Gasteiger partial charge in [-0.25, -0.2) is 0 Å². The predicted octanol–water partition coefficient (Wildman–Crippen LogP) is 7.76. The van der Waals surface area contributed by atoms with Crippen LogP contribution < -0.4 is 5.73 Å². The molecule has 0 unspecified atom stereocenters. The average molecular weight is 519 g/mol. The van der Waals surface area contributed by atoms with Crippen LogP contribution in [0.15, 0.2) is 93.3 Å². The maximum absolute atomic E-state index is 6.04. The fourth-order valence-electron chi connectivity index (χ4n) is 3.31. The number of rotatable bonds is 7. The maximum Gasteiger partial charge on any atom is 0.134 e. The van der Waals surface area contributed by atoms with Crippen molar-refractivity contribution in [2.75, 3.05) is 6.54 Å². The third-order valence-corrected chi connectivity index (χ3v) is 5.29. The number of benzene rings is 2. The number of allylic oxidation sites excluding steroid dienone is 1. The van der Waals surface area contributed by atoms with Gasteiger partial charge in [0, 0.05) is 40.6 Å². The first-order chi connectivity index (χ1) is 14.6. The van der Waals surface area contributed by atoms with Crippen molar-refractivity contribution in [3.8, 4) is 22.6 Å². The molecule has 0 fully saturated rings. The van der Waals surface area contributed by atoms with Gasteiger partial charge in [0.1, 0.15) is 23.0 Å². The highest BCUT2D eigenvalue weighted by Crippen LogP contribution is 2.27. The van der Waals surface area contributed by atoms with Crippen molar-refractivity contribution in [2.45, 2.75) is 12.8 Å². The molecule has 3 nitrogen and oxygen atoms in total. The van der Waals surface area contributed by atoms with E-state index in [1.807, 2.05) is 78.9 Å².